The average molecular weight is 395 g/mol. The van der Waals surface area contributed by atoms with Crippen LogP contribution in [-0.4, -0.2) is 14.2 Å². The molecule has 0 saturated carbocycles. The van der Waals surface area contributed by atoms with Gasteiger partial charge in [-0.25, -0.2) is 4.57 Å². The molecular formula is C18H17BrClNO2. The maximum Gasteiger partial charge on any atom is 0.177 e. The number of pyridine rings is 1. The molecule has 0 spiro atoms. The Hall–Kier alpha value is -1.78. The second-order valence-corrected chi connectivity index (χ2v) is 6.00. The number of fused-ring (bicyclic) bond motifs is 1. The summed E-state index contributed by atoms with van der Waals surface area (Å²) in [6.07, 6.45) is 4.20. The minimum atomic E-state index is 0. The van der Waals surface area contributed by atoms with Crippen molar-refractivity contribution in [1.29, 1.82) is 0 Å². The lowest BCUT2D eigenvalue weighted by Gasteiger charge is -2.08. The van der Waals surface area contributed by atoms with E-state index < -0.39 is 0 Å². The van der Waals surface area contributed by atoms with Crippen molar-refractivity contribution in [2.24, 2.45) is 0 Å². The molecule has 0 atom stereocenters. The Morgan fingerprint density at radius 1 is 0.957 bits per heavy atom. The molecule has 5 heteroatoms. The van der Waals surface area contributed by atoms with E-state index in [-0.39, 0.29) is 12.4 Å². The third-order valence-corrected chi connectivity index (χ3v) is 4.09. The van der Waals surface area contributed by atoms with Crippen molar-refractivity contribution in [2.75, 3.05) is 14.2 Å². The topological polar surface area (TPSA) is 22.3 Å². The molecule has 0 N–H and O–H groups in total. The summed E-state index contributed by atoms with van der Waals surface area (Å²) in [6.45, 7) is 0.823. The number of hydrogen-bond donors (Lipinski definition) is 0. The predicted molar refractivity (Wildman–Crippen MR) is 90.5 cm³/mol. The zero-order valence-electron chi connectivity index (χ0n) is 12.9. The van der Waals surface area contributed by atoms with Crippen LogP contribution in [0, 0.1) is 0 Å². The van der Waals surface area contributed by atoms with Crippen molar-refractivity contribution < 1.29 is 26.4 Å². The molecule has 0 aliphatic rings. The third kappa shape index (κ3) is 3.95. The number of nitrogens with zero attached hydrogens (tertiary/aromatic N) is 1. The summed E-state index contributed by atoms with van der Waals surface area (Å²) < 4.78 is 14.0. The molecule has 0 aliphatic carbocycles. The van der Waals surface area contributed by atoms with Gasteiger partial charge in [-0.05, 0) is 29.7 Å². The maximum absolute atomic E-state index is 5.38. The summed E-state index contributed by atoms with van der Waals surface area (Å²) in [6, 6.07) is 14.4. The first-order valence-corrected chi connectivity index (χ1v) is 7.78. The maximum atomic E-state index is 5.38. The van der Waals surface area contributed by atoms with Crippen LogP contribution < -0.4 is 26.4 Å². The van der Waals surface area contributed by atoms with Gasteiger partial charge in [-0.2, -0.15) is 0 Å². The van der Waals surface area contributed by atoms with Gasteiger partial charge in [0, 0.05) is 21.5 Å². The van der Waals surface area contributed by atoms with Crippen molar-refractivity contribution in [1.82, 2.24) is 0 Å². The molecule has 0 radical (unpaired) electrons. The van der Waals surface area contributed by atoms with Crippen LogP contribution in [0.2, 0.25) is 0 Å². The number of rotatable bonds is 4. The number of aromatic nitrogens is 1. The second-order valence-electron chi connectivity index (χ2n) is 5.08. The van der Waals surface area contributed by atoms with Crippen LogP contribution in [0.1, 0.15) is 5.56 Å². The summed E-state index contributed by atoms with van der Waals surface area (Å²) in [7, 11) is 3.31. The first kappa shape index (κ1) is 17.6. The molecule has 0 fully saturated rings. The molecule has 0 bridgehead atoms. The van der Waals surface area contributed by atoms with Gasteiger partial charge >= 0.3 is 0 Å². The van der Waals surface area contributed by atoms with E-state index in [0.29, 0.717) is 0 Å². The van der Waals surface area contributed by atoms with Crippen LogP contribution in [0.5, 0.6) is 11.5 Å². The van der Waals surface area contributed by atoms with Gasteiger partial charge in [-0.1, -0.05) is 28.1 Å². The lowest BCUT2D eigenvalue weighted by Crippen LogP contribution is -3.00. The monoisotopic (exact) mass is 393 g/mol. The van der Waals surface area contributed by atoms with E-state index in [4.69, 9.17) is 9.47 Å². The second kappa shape index (κ2) is 7.66. The zero-order valence-corrected chi connectivity index (χ0v) is 15.3. The SMILES string of the molecule is COc1cc2cc[n+](Cc3cccc(Br)c3)cc2cc1OC.[Cl-]. The molecule has 1 aromatic heterocycles. The highest BCUT2D eigenvalue weighted by Gasteiger charge is 2.10. The summed E-state index contributed by atoms with van der Waals surface area (Å²) in [5, 5.41) is 2.25. The third-order valence-electron chi connectivity index (χ3n) is 3.59. The lowest BCUT2D eigenvalue weighted by atomic mass is 10.1. The highest BCUT2D eigenvalue weighted by molar-refractivity contribution is 9.10. The molecule has 0 amide bonds. The fraction of sp³-hybridized carbons (Fsp3) is 0.167. The van der Waals surface area contributed by atoms with Crippen molar-refractivity contribution in [2.45, 2.75) is 6.54 Å². The fourth-order valence-corrected chi connectivity index (χ4v) is 2.96. The molecule has 3 aromatic rings. The summed E-state index contributed by atoms with van der Waals surface area (Å²) >= 11 is 3.51. The molecule has 0 saturated heterocycles. The van der Waals surface area contributed by atoms with Crippen LogP contribution in [-0.2, 0) is 6.54 Å². The van der Waals surface area contributed by atoms with Gasteiger partial charge in [0.1, 0.15) is 0 Å². The standard InChI is InChI=1S/C18H17BrNO2.ClH/c1-21-17-9-14-6-7-20(12-15(14)10-18(17)22-2)11-13-4-3-5-16(19)8-13;/h3-10,12H,11H2,1-2H3;1H/q+1;/p-1. The van der Waals surface area contributed by atoms with Crippen LogP contribution in [0.4, 0.5) is 0 Å². The number of benzene rings is 2. The molecule has 2 aromatic carbocycles. The Bertz CT molecular complexity index is 823. The average Bonchev–Trinajstić information content (AvgIpc) is 2.53. The van der Waals surface area contributed by atoms with Gasteiger partial charge in [0.05, 0.1) is 14.2 Å². The van der Waals surface area contributed by atoms with Gasteiger partial charge in [0.15, 0.2) is 30.4 Å². The molecule has 3 nitrogen and oxygen atoms in total. The van der Waals surface area contributed by atoms with Crippen molar-refractivity contribution in [3.8, 4) is 11.5 Å². The quantitative estimate of drug-likeness (QED) is 0.615. The van der Waals surface area contributed by atoms with Crippen LogP contribution in [0.15, 0.2) is 59.3 Å². The Morgan fingerprint density at radius 3 is 2.30 bits per heavy atom. The normalized spacial score (nSPS) is 10.2. The van der Waals surface area contributed by atoms with E-state index in [9.17, 15) is 0 Å². The minimum Gasteiger partial charge on any atom is -1.00 e. The largest absolute Gasteiger partial charge is 1.00 e. The first-order chi connectivity index (χ1) is 10.7. The van der Waals surface area contributed by atoms with Gasteiger partial charge in [-0.3, -0.25) is 0 Å². The molecule has 1 heterocycles. The van der Waals surface area contributed by atoms with Crippen molar-refractivity contribution in [3.05, 3.63) is 64.9 Å². The predicted octanol–water partition coefficient (Wildman–Crippen LogP) is 0.959. The Morgan fingerprint density at radius 2 is 1.65 bits per heavy atom. The van der Waals surface area contributed by atoms with E-state index in [0.717, 1.165) is 33.3 Å². The summed E-state index contributed by atoms with van der Waals surface area (Å²) in [5.74, 6) is 1.50. The molecular weight excluding hydrogens is 378 g/mol. The minimum absolute atomic E-state index is 0. The first-order valence-electron chi connectivity index (χ1n) is 6.99. The lowest BCUT2D eigenvalue weighted by molar-refractivity contribution is -0.687. The van der Waals surface area contributed by atoms with Gasteiger partial charge < -0.3 is 21.9 Å². The number of ether oxygens (including phenoxy) is 2. The van der Waals surface area contributed by atoms with E-state index in [1.807, 2.05) is 18.2 Å². The molecule has 23 heavy (non-hydrogen) atoms. The fourth-order valence-electron chi connectivity index (χ4n) is 2.51. The number of methoxy groups -OCH3 is 2. The number of hydrogen-bond acceptors (Lipinski definition) is 2. The molecule has 3 rings (SSSR count). The molecule has 120 valence electrons. The zero-order chi connectivity index (χ0) is 15.5. The van der Waals surface area contributed by atoms with Gasteiger partial charge in [-0.15, -0.1) is 0 Å². The smallest absolute Gasteiger partial charge is 0.177 e. The van der Waals surface area contributed by atoms with Gasteiger partial charge in [0.2, 0.25) is 0 Å². The highest BCUT2D eigenvalue weighted by Crippen LogP contribution is 2.31. The van der Waals surface area contributed by atoms with Crippen LogP contribution >= 0.6 is 15.9 Å². The Balaban J connectivity index is 0.00000192. The van der Waals surface area contributed by atoms with E-state index in [1.165, 1.54) is 5.56 Å². The van der Waals surface area contributed by atoms with Crippen molar-refractivity contribution in [3.63, 3.8) is 0 Å². The van der Waals surface area contributed by atoms with Gasteiger partial charge in [0.25, 0.3) is 0 Å². The van der Waals surface area contributed by atoms with Crippen LogP contribution in [0.3, 0.4) is 0 Å². The van der Waals surface area contributed by atoms with E-state index in [1.54, 1.807) is 14.2 Å². The Labute approximate surface area is 150 Å². The molecule has 0 aliphatic heterocycles. The highest BCUT2D eigenvalue weighted by atomic mass is 79.9. The molecule has 0 unspecified atom stereocenters. The summed E-state index contributed by atoms with van der Waals surface area (Å²) in [4.78, 5) is 0. The summed E-state index contributed by atoms with van der Waals surface area (Å²) in [5.41, 5.74) is 1.25. The van der Waals surface area contributed by atoms with Crippen LogP contribution in [0.25, 0.3) is 10.8 Å². The van der Waals surface area contributed by atoms with Crippen molar-refractivity contribution >= 4 is 26.7 Å². The number of halogens is 2. The Kier molecular flexibility index (Phi) is 5.85. The van der Waals surface area contributed by atoms with E-state index >= 15 is 0 Å². The van der Waals surface area contributed by atoms with E-state index in [2.05, 4.69) is 57.2 Å².